The number of benzene rings is 1. The van der Waals surface area contributed by atoms with Crippen molar-refractivity contribution in [2.45, 2.75) is 18.9 Å². The van der Waals surface area contributed by atoms with E-state index < -0.39 is 52.0 Å². The first-order chi connectivity index (χ1) is 10.3. The maximum Gasteiger partial charge on any atom is 0.308 e. The molecule has 2 rings (SSSR count). The molecule has 2 amide bonds. The van der Waals surface area contributed by atoms with E-state index in [1.807, 2.05) is 5.32 Å². The summed E-state index contributed by atoms with van der Waals surface area (Å²) >= 11 is 0. The van der Waals surface area contributed by atoms with Gasteiger partial charge >= 0.3 is 5.69 Å². The molecule has 0 atom stereocenters. The summed E-state index contributed by atoms with van der Waals surface area (Å²) in [5.74, 6) is -7.77. The van der Waals surface area contributed by atoms with E-state index in [-0.39, 0.29) is 12.1 Å². The zero-order valence-electron chi connectivity index (χ0n) is 11.0. The molecule has 1 aromatic rings. The van der Waals surface area contributed by atoms with Crippen molar-refractivity contribution in [3.05, 3.63) is 39.2 Å². The molecular weight excluding hydrogens is 307 g/mol. The summed E-state index contributed by atoms with van der Waals surface area (Å²) < 4.78 is 39.9. The summed E-state index contributed by atoms with van der Waals surface area (Å²) in [6.45, 7) is -0.512. The molecule has 118 valence electrons. The molecule has 2 N–H and O–H groups in total. The Morgan fingerprint density at radius 1 is 1.23 bits per heavy atom. The molecule has 10 heteroatoms. The van der Waals surface area contributed by atoms with Gasteiger partial charge in [0, 0.05) is 12.1 Å². The summed E-state index contributed by atoms with van der Waals surface area (Å²) in [4.78, 5) is 32.3. The Bertz CT molecular complexity index is 662. The van der Waals surface area contributed by atoms with E-state index in [1.165, 1.54) is 0 Å². The number of carbonyl (C=O) groups is 2. The number of nitro groups is 1. The highest BCUT2D eigenvalue weighted by Crippen LogP contribution is 2.25. The van der Waals surface area contributed by atoms with Crippen LogP contribution < -0.4 is 10.6 Å². The van der Waals surface area contributed by atoms with E-state index in [9.17, 15) is 32.9 Å². The normalized spacial score (nSPS) is 13.6. The number of nitrogens with zero attached hydrogens (tertiary/aromatic N) is 1. The van der Waals surface area contributed by atoms with Gasteiger partial charge < -0.3 is 10.6 Å². The minimum absolute atomic E-state index is 0.0468. The fourth-order valence-electron chi connectivity index (χ4n) is 1.65. The van der Waals surface area contributed by atoms with Crippen molar-refractivity contribution in [1.82, 2.24) is 10.6 Å². The number of carbonyl (C=O) groups excluding carboxylic acids is 2. The van der Waals surface area contributed by atoms with Gasteiger partial charge in [0.25, 0.3) is 5.91 Å². The predicted octanol–water partition coefficient (Wildman–Crippen LogP) is 1.02. The number of hydrogen-bond acceptors (Lipinski definition) is 4. The Hall–Kier alpha value is -2.65. The Kier molecular flexibility index (Phi) is 4.29. The van der Waals surface area contributed by atoms with Crippen molar-refractivity contribution in [1.29, 1.82) is 0 Å². The standard InChI is InChI=1S/C12H10F3N3O4/c13-9-6(3-7(18(21)22)10(14)11(9)15)12(20)16-4-8(19)17-5-1-2-5/h3,5H,1-2,4H2,(H,16,20)(H,17,19). The fraction of sp³-hybridized carbons (Fsp3) is 0.333. The van der Waals surface area contributed by atoms with Gasteiger partial charge in [-0.25, -0.2) is 8.78 Å². The SMILES string of the molecule is O=C(CNC(=O)c1cc([N+](=O)[O-])c(F)c(F)c1F)NC1CC1. The van der Waals surface area contributed by atoms with Gasteiger partial charge in [0.05, 0.1) is 17.0 Å². The van der Waals surface area contributed by atoms with Crippen molar-refractivity contribution < 1.29 is 27.7 Å². The van der Waals surface area contributed by atoms with Gasteiger partial charge in [-0.1, -0.05) is 0 Å². The van der Waals surface area contributed by atoms with Crippen LogP contribution in [0.15, 0.2) is 6.07 Å². The monoisotopic (exact) mass is 317 g/mol. The summed E-state index contributed by atoms with van der Waals surface area (Å²) in [6, 6.07) is 0.326. The largest absolute Gasteiger partial charge is 0.352 e. The van der Waals surface area contributed by atoms with Crippen LogP contribution in [-0.2, 0) is 4.79 Å². The number of nitrogens with one attached hydrogen (secondary N) is 2. The van der Waals surface area contributed by atoms with Crippen molar-refractivity contribution >= 4 is 17.5 Å². The average molecular weight is 317 g/mol. The van der Waals surface area contributed by atoms with Crippen LogP contribution in [0.3, 0.4) is 0 Å². The zero-order valence-corrected chi connectivity index (χ0v) is 11.0. The molecule has 1 saturated carbocycles. The van der Waals surface area contributed by atoms with E-state index in [2.05, 4.69) is 5.32 Å². The van der Waals surface area contributed by atoms with E-state index in [0.29, 0.717) is 0 Å². The molecule has 0 bridgehead atoms. The first kappa shape index (κ1) is 15.7. The summed E-state index contributed by atoms with van der Waals surface area (Å²) in [5, 5.41) is 15.1. The molecule has 0 heterocycles. The predicted molar refractivity (Wildman–Crippen MR) is 66.5 cm³/mol. The third-order valence-electron chi connectivity index (χ3n) is 2.92. The van der Waals surface area contributed by atoms with Crippen molar-refractivity contribution in [2.24, 2.45) is 0 Å². The fourth-order valence-corrected chi connectivity index (χ4v) is 1.65. The highest BCUT2D eigenvalue weighted by atomic mass is 19.2. The second-order valence-corrected chi connectivity index (χ2v) is 4.67. The van der Waals surface area contributed by atoms with Crippen LogP contribution in [0, 0.1) is 27.6 Å². The highest BCUT2D eigenvalue weighted by Gasteiger charge is 2.29. The van der Waals surface area contributed by atoms with Crippen LogP contribution in [0.25, 0.3) is 0 Å². The third kappa shape index (κ3) is 3.32. The molecule has 0 aromatic heterocycles. The van der Waals surface area contributed by atoms with Gasteiger partial charge in [-0.15, -0.1) is 0 Å². The first-order valence-electron chi connectivity index (χ1n) is 6.20. The third-order valence-corrected chi connectivity index (χ3v) is 2.92. The lowest BCUT2D eigenvalue weighted by molar-refractivity contribution is -0.387. The van der Waals surface area contributed by atoms with Crippen LogP contribution in [0.1, 0.15) is 23.2 Å². The lowest BCUT2D eigenvalue weighted by atomic mass is 10.1. The minimum Gasteiger partial charge on any atom is -0.352 e. The number of hydrogen-bond donors (Lipinski definition) is 2. The second kappa shape index (κ2) is 6.00. The number of nitro benzene ring substituents is 1. The second-order valence-electron chi connectivity index (χ2n) is 4.67. The van der Waals surface area contributed by atoms with Crippen LogP contribution in [0.4, 0.5) is 18.9 Å². The van der Waals surface area contributed by atoms with Gasteiger partial charge in [-0.2, -0.15) is 4.39 Å². The van der Waals surface area contributed by atoms with Gasteiger partial charge in [0.15, 0.2) is 5.82 Å². The zero-order chi connectivity index (χ0) is 16.4. The first-order valence-corrected chi connectivity index (χ1v) is 6.20. The molecule has 0 radical (unpaired) electrons. The maximum atomic E-state index is 13.5. The van der Waals surface area contributed by atoms with E-state index >= 15 is 0 Å². The smallest absolute Gasteiger partial charge is 0.308 e. The van der Waals surface area contributed by atoms with E-state index in [0.717, 1.165) is 12.8 Å². The van der Waals surface area contributed by atoms with Gasteiger partial charge in [-0.05, 0) is 12.8 Å². The van der Waals surface area contributed by atoms with Gasteiger partial charge in [0.2, 0.25) is 17.5 Å². The number of halogens is 3. The van der Waals surface area contributed by atoms with Crippen molar-refractivity contribution in [3.63, 3.8) is 0 Å². The summed E-state index contributed by atoms with van der Waals surface area (Å²) in [6.07, 6.45) is 1.65. The molecule has 22 heavy (non-hydrogen) atoms. The van der Waals surface area contributed by atoms with E-state index in [1.54, 1.807) is 0 Å². The minimum atomic E-state index is -2.12. The quantitative estimate of drug-likeness (QED) is 0.481. The lowest BCUT2D eigenvalue weighted by Gasteiger charge is -2.07. The highest BCUT2D eigenvalue weighted by molar-refractivity contribution is 5.97. The molecule has 1 aromatic carbocycles. The Morgan fingerprint density at radius 2 is 1.86 bits per heavy atom. The molecule has 0 aliphatic heterocycles. The Balaban J connectivity index is 2.14. The maximum absolute atomic E-state index is 13.5. The molecule has 7 nitrogen and oxygen atoms in total. The molecule has 0 spiro atoms. The summed E-state index contributed by atoms with van der Waals surface area (Å²) in [7, 11) is 0. The summed E-state index contributed by atoms with van der Waals surface area (Å²) in [5.41, 5.74) is -2.42. The van der Waals surface area contributed by atoms with Crippen LogP contribution >= 0.6 is 0 Å². The molecule has 1 fully saturated rings. The van der Waals surface area contributed by atoms with Gasteiger partial charge in [-0.3, -0.25) is 19.7 Å². The lowest BCUT2D eigenvalue weighted by Crippen LogP contribution is -2.38. The Labute approximate surface area is 121 Å². The number of rotatable bonds is 5. The van der Waals surface area contributed by atoms with Gasteiger partial charge in [0.1, 0.15) is 0 Å². The topological polar surface area (TPSA) is 101 Å². The molecule has 1 aliphatic rings. The molecule has 0 unspecified atom stereocenters. The van der Waals surface area contributed by atoms with Crippen molar-refractivity contribution in [3.8, 4) is 0 Å². The number of amides is 2. The van der Waals surface area contributed by atoms with E-state index in [4.69, 9.17) is 0 Å². The molecular formula is C12H10F3N3O4. The van der Waals surface area contributed by atoms with Crippen LogP contribution in [0.5, 0.6) is 0 Å². The molecule has 0 saturated heterocycles. The average Bonchev–Trinajstić information content (AvgIpc) is 3.26. The van der Waals surface area contributed by atoms with Crippen LogP contribution in [0.2, 0.25) is 0 Å². The Morgan fingerprint density at radius 3 is 2.41 bits per heavy atom. The van der Waals surface area contributed by atoms with Crippen molar-refractivity contribution in [2.75, 3.05) is 6.54 Å². The van der Waals surface area contributed by atoms with Crippen LogP contribution in [-0.4, -0.2) is 29.3 Å². The molecule has 1 aliphatic carbocycles.